The second-order valence-corrected chi connectivity index (χ2v) is 3.85. The van der Waals surface area contributed by atoms with E-state index in [2.05, 4.69) is 0 Å². The number of hydrogen-bond acceptors (Lipinski definition) is 1. The molecule has 0 spiro atoms. The maximum absolute atomic E-state index is 12.2. The normalized spacial score (nSPS) is 8.86. The van der Waals surface area contributed by atoms with Gasteiger partial charge in [-0.05, 0) is 31.5 Å². The van der Waals surface area contributed by atoms with Gasteiger partial charge in [0.2, 0.25) is 0 Å². The van der Waals surface area contributed by atoms with E-state index in [1.165, 1.54) is 12.1 Å². The third kappa shape index (κ3) is 7.57. The van der Waals surface area contributed by atoms with Crippen LogP contribution in [0.2, 0.25) is 0 Å². The molecule has 0 heterocycles. The summed E-state index contributed by atoms with van der Waals surface area (Å²) < 4.78 is 12.2. The third-order valence-corrected chi connectivity index (χ3v) is 1.20. The molecule has 0 bridgehead atoms. The second-order valence-electron chi connectivity index (χ2n) is 2.98. The standard InChI is InChI=1S/C8H6FN.C3H7Cl/c9-8-3-1-7(2-4-8)5-6-10;1-3(2)4/h1-4H,5H2;3H,1-2H3. The molecule has 1 rings (SSSR count). The molecule has 0 aromatic heterocycles. The molecule has 0 N–H and O–H groups in total. The first kappa shape index (κ1) is 12.9. The Morgan fingerprint density at radius 1 is 1.36 bits per heavy atom. The zero-order valence-corrected chi connectivity index (χ0v) is 9.05. The minimum atomic E-state index is -0.262. The number of rotatable bonds is 1. The molecule has 3 heteroatoms. The lowest BCUT2D eigenvalue weighted by molar-refractivity contribution is 0.627. The van der Waals surface area contributed by atoms with E-state index in [0.717, 1.165) is 5.56 Å². The van der Waals surface area contributed by atoms with Crippen molar-refractivity contribution in [3.05, 3.63) is 35.6 Å². The van der Waals surface area contributed by atoms with Crippen molar-refractivity contribution in [2.75, 3.05) is 0 Å². The van der Waals surface area contributed by atoms with E-state index in [1.54, 1.807) is 12.1 Å². The number of nitriles is 1. The average molecular weight is 214 g/mol. The Kier molecular flexibility index (Phi) is 6.78. The Balaban J connectivity index is 0.000000364. The van der Waals surface area contributed by atoms with Crippen molar-refractivity contribution >= 4 is 11.6 Å². The maximum atomic E-state index is 12.2. The van der Waals surface area contributed by atoms with E-state index in [4.69, 9.17) is 16.9 Å². The van der Waals surface area contributed by atoms with Crippen LogP contribution in [0.3, 0.4) is 0 Å². The summed E-state index contributed by atoms with van der Waals surface area (Å²) in [6.45, 7) is 3.86. The first-order valence-corrected chi connectivity index (χ1v) is 4.75. The van der Waals surface area contributed by atoms with E-state index < -0.39 is 0 Å². The summed E-state index contributed by atoms with van der Waals surface area (Å²) >= 11 is 5.27. The van der Waals surface area contributed by atoms with Gasteiger partial charge in [-0.15, -0.1) is 11.6 Å². The van der Waals surface area contributed by atoms with E-state index in [-0.39, 0.29) is 5.82 Å². The minimum absolute atomic E-state index is 0.262. The summed E-state index contributed by atoms with van der Waals surface area (Å²) in [5.41, 5.74) is 0.851. The molecule has 1 aromatic carbocycles. The SMILES string of the molecule is CC(C)Cl.N#CCc1ccc(F)cc1. The van der Waals surface area contributed by atoms with Crippen LogP contribution in [0.4, 0.5) is 4.39 Å². The molecule has 14 heavy (non-hydrogen) atoms. The molecule has 1 nitrogen and oxygen atoms in total. The first-order valence-electron chi connectivity index (χ1n) is 4.31. The summed E-state index contributed by atoms with van der Waals surface area (Å²) in [5.74, 6) is -0.262. The lowest BCUT2D eigenvalue weighted by Gasteiger charge is -1.90. The topological polar surface area (TPSA) is 23.8 Å². The van der Waals surface area contributed by atoms with Gasteiger partial charge in [-0.2, -0.15) is 5.26 Å². The van der Waals surface area contributed by atoms with Crippen LogP contribution < -0.4 is 0 Å². The summed E-state index contributed by atoms with van der Waals surface area (Å²) in [6.07, 6.45) is 0.347. The van der Waals surface area contributed by atoms with Gasteiger partial charge in [0, 0.05) is 5.38 Å². The van der Waals surface area contributed by atoms with Gasteiger partial charge in [-0.1, -0.05) is 12.1 Å². The van der Waals surface area contributed by atoms with Crippen molar-refractivity contribution < 1.29 is 4.39 Å². The Morgan fingerprint density at radius 3 is 2.14 bits per heavy atom. The van der Waals surface area contributed by atoms with E-state index in [1.807, 2.05) is 19.9 Å². The Hall–Kier alpha value is -1.07. The second kappa shape index (κ2) is 7.34. The number of halogens is 2. The number of alkyl halides is 1. The van der Waals surface area contributed by atoms with Crippen LogP contribution in [0.5, 0.6) is 0 Å². The molecule has 0 amide bonds. The van der Waals surface area contributed by atoms with Crippen LogP contribution in [0, 0.1) is 17.1 Å². The number of nitrogens with zero attached hydrogens (tertiary/aromatic N) is 1. The fraction of sp³-hybridized carbons (Fsp3) is 0.364. The maximum Gasteiger partial charge on any atom is 0.123 e. The first-order chi connectivity index (χ1) is 6.56. The van der Waals surface area contributed by atoms with E-state index in [9.17, 15) is 4.39 Å². The molecule has 1 aromatic rings. The third-order valence-electron chi connectivity index (χ3n) is 1.20. The van der Waals surface area contributed by atoms with Crippen molar-refractivity contribution in [1.82, 2.24) is 0 Å². The number of hydrogen-bond donors (Lipinski definition) is 0. The van der Waals surface area contributed by atoms with Gasteiger partial charge < -0.3 is 0 Å². The molecule has 0 saturated carbocycles. The molecular formula is C11H13ClFN. The van der Waals surface area contributed by atoms with E-state index >= 15 is 0 Å². The van der Waals surface area contributed by atoms with Crippen LogP contribution in [0.25, 0.3) is 0 Å². The van der Waals surface area contributed by atoms with Crippen LogP contribution >= 0.6 is 11.6 Å². The van der Waals surface area contributed by atoms with Gasteiger partial charge in [-0.3, -0.25) is 0 Å². The van der Waals surface area contributed by atoms with Gasteiger partial charge >= 0.3 is 0 Å². The van der Waals surface area contributed by atoms with Crippen LogP contribution in [0.15, 0.2) is 24.3 Å². The molecule has 0 fully saturated rings. The predicted octanol–water partition coefficient (Wildman–Crippen LogP) is 3.53. The summed E-state index contributed by atoms with van der Waals surface area (Å²) in [5, 5.41) is 8.55. The van der Waals surface area contributed by atoms with Gasteiger partial charge in [0.1, 0.15) is 5.82 Å². The highest BCUT2D eigenvalue weighted by atomic mass is 35.5. The molecule has 0 unspecified atom stereocenters. The number of benzene rings is 1. The predicted molar refractivity (Wildman–Crippen MR) is 56.7 cm³/mol. The van der Waals surface area contributed by atoms with Gasteiger partial charge in [0.25, 0.3) is 0 Å². The highest BCUT2D eigenvalue weighted by Gasteiger charge is 1.90. The quantitative estimate of drug-likeness (QED) is 0.655. The zero-order valence-electron chi connectivity index (χ0n) is 8.30. The lowest BCUT2D eigenvalue weighted by atomic mass is 10.2. The summed E-state index contributed by atoms with van der Waals surface area (Å²) in [4.78, 5) is 0. The van der Waals surface area contributed by atoms with Crippen molar-refractivity contribution in [3.8, 4) is 6.07 Å². The van der Waals surface area contributed by atoms with Crippen LogP contribution in [-0.2, 0) is 6.42 Å². The van der Waals surface area contributed by atoms with Crippen molar-refractivity contribution in [2.45, 2.75) is 25.6 Å². The van der Waals surface area contributed by atoms with Gasteiger partial charge in [0.15, 0.2) is 0 Å². The fourth-order valence-corrected chi connectivity index (χ4v) is 0.694. The Labute approximate surface area is 89.1 Å². The largest absolute Gasteiger partial charge is 0.207 e. The molecular weight excluding hydrogens is 201 g/mol. The molecule has 0 radical (unpaired) electrons. The molecule has 0 aliphatic rings. The minimum Gasteiger partial charge on any atom is -0.207 e. The van der Waals surface area contributed by atoms with Crippen molar-refractivity contribution in [1.29, 1.82) is 5.26 Å². The smallest absolute Gasteiger partial charge is 0.123 e. The summed E-state index contributed by atoms with van der Waals surface area (Å²) in [6, 6.07) is 7.91. The van der Waals surface area contributed by atoms with Gasteiger partial charge in [0.05, 0.1) is 12.5 Å². The average Bonchev–Trinajstić information content (AvgIpc) is 2.08. The monoisotopic (exact) mass is 213 g/mol. The fourth-order valence-electron chi connectivity index (χ4n) is 0.694. The zero-order chi connectivity index (χ0) is 11.0. The molecule has 0 aliphatic heterocycles. The highest BCUT2D eigenvalue weighted by molar-refractivity contribution is 6.20. The van der Waals surface area contributed by atoms with E-state index in [0.29, 0.717) is 11.8 Å². The Bertz CT molecular complexity index is 284. The van der Waals surface area contributed by atoms with Crippen molar-refractivity contribution in [2.24, 2.45) is 0 Å². The van der Waals surface area contributed by atoms with Crippen LogP contribution in [0.1, 0.15) is 19.4 Å². The Morgan fingerprint density at radius 2 is 1.79 bits per heavy atom. The molecule has 76 valence electrons. The van der Waals surface area contributed by atoms with Crippen molar-refractivity contribution in [3.63, 3.8) is 0 Å². The molecule has 0 aliphatic carbocycles. The molecule has 0 atom stereocenters. The lowest BCUT2D eigenvalue weighted by Crippen LogP contribution is -1.80. The van der Waals surface area contributed by atoms with Gasteiger partial charge in [-0.25, -0.2) is 4.39 Å². The molecule has 0 saturated heterocycles. The van der Waals surface area contributed by atoms with Crippen LogP contribution in [-0.4, -0.2) is 5.38 Å². The highest BCUT2D eigenvalue weighted by Crippen LogP contribution is 2.02. The summed E-state index contributed by atoms with van der Waals surface area (Å²) in [7, 11) is 0.